The second-order valence-corrected chi connectivity index (χ2v) is 19.3. The summed E-state index contributed by atoms with van der Waals surface area (Å²) >= 11 is 0. The van der Waals surface area contributed by atoms with Crippen molar-refractivity contribution < 1.29 is 92.2 Å². The molecule has 19 nitrogen and oxygen atoms in total. The molecule has 1 aliphatic rings. The highest BCUT2D eigenvalue weighted by atomic mass is 31.2. The van der Waals surface area contributed by atoms with Crippen molar-refractivity contribution in [1.82, 2.24) is 0 Å². The molecular formula is C51H80O19P2. The third-order valence-corrected chi connectivity index (χ3v) is 11.9. The lowest BCUT2D eigenvalue weighted by atomic mass is 9.85. The van der Waals surface area contributed by atoms with Crippen LogP contribution in [0.1, 0.15) is 110 Å². The molecule has 0 spiro atoms. The summed E-state index contributed by atoms with van der Waals surface area (Å²) in [6, 6.07) is 0. The Hall–Kier alpha value is -3.72. The first-order valence-electron chi connectivity index (χ1n) is 24.4. The average Bonchev–Trinajstić information content (AvgIpc) is 3.33. The molecule has 0 radical (unpaired) electrons. The number of ether oxygens (including phenoxy) is 2. The van der Waals surface area contributed by atoms with Gasteiger partial charge in [-0.25, -0.2) is 9.13 Å². The van der Waals surface area contributed by atoms with Crippen molar-refractivity contribution in [3.63, 3.8) is 0 Å². The topological polar surface area (TPSA) is 317 Å². The molecule has 11 atom stereocenters. The summed E-state index contributed by atoms with van der Waals surface area (Å²) in [4.78, 5) is 54.4. The zero-order chi connectivity index (χ0) is 53.6. The van der Waals surface area contributed by atoms with Crippen molar-refractivity contribution in [2.24, 2.45) is 0 Å². The van der Waals surface area contributed by atoms with E-state index in [1.165, 1.54) is 31.4 Å². The molecule has 72 heavy (non-hydrogen) atoms. The predicted molar refractivity (Wildman–Crippen MR) is 272 cm³/mol. The van der Waals surface area contributed by atoms with Crippen LogP contribution in [-0.4, -0.2) is 137 Å². The van der Waals surface area contributed by atoms with Gasteiger partial charge < -0.3 is 59.9 Å². The molecule has 1 saturated carbocycles. The zero-order valence-electron chi connectivity index (χ0n) is 41.4. The molecule has 408 valence electrons. The van der Waals surface area contributed by atoms with Crippen LogP contribution in [0.5, 0.6) is 0 Å². The number of rotatable bonds is 38. The van der Waals surface area contributed by atoms with Crippen LogP contribution in [0.4, 0.5) is 0 Å². The second-order valence-electron chi connectivity index (χ2n) is 16.7. The van der Waals surface area contributed by atoms with Crippen LogP contribution in [0.3, 0.4) is 0 Å². The number of unbranched alkanes of at least 4 members (excludes halogenated alkanes) is 3. The molecule has 0 aromatic heterocycles. The molecule has 5 unspecified atom stereocenters. The van der Waals surface area contributed by atoms with Crippen molar-refractivity contribution in [3.05, 3.63) is 122 Å². The molecule has 0 aromatic rings. The molecule has 0 aliphatic heterocycles. The van der Waals surface area contributed by atoms with Crippen LogP contribution in [0, 0.1) is 0 Å². The molecule has 0 heterocycles. The van der Waals surface area contributed by atoms with E-state index < -0.39 is 102 Å². The van der Waals surface area contributed by atoms with Gasteiger partial charge in [-0.05, 0) is 70.6 Å². The Labute approximate surface area is 424 Å². The van der Waals surface area contributed by atoms with Gasteiger partial charge in [0.2, 0.25) is 0 Å². The number of phosphoric ester groups is 2. The quantitative estimate of drug-likeness (QED) is 0.0105. The van der Waals surface area contributed by atoms with E-state index >= 15 is 0 Å². The standard InChI is InChI=1S/C51H80O19P2/c1-3-5-7-8-9-10-11-12-13-14-15-16-17-18-19-20-21-26-30-36-45(56)68-41(39-67-72(64,65)70-51-48(59)46(57)47(58)50(49(51)60)69-71(61,62)63)38-66-44(55)37-31-35-43(54)42(53)34-29-25-23-22-24-28-33-40(52)32-27-6-4-2/h6,9-10,12-13,15-16,18-19,21-29,33-34,40-43,46-54,57-60H,3-5,7-8,11,14,17,20,30-32,35-39H2,1-2H3,(H,64,65)(H2,61,62,63)/b10-9-,13-12-,16-15-,19-18-,24-22+,25-23-,26-21-,27-6-,33-28+,34-29-/t40-,41-,42+,43+,46?,47?,48?,49?,50-,51+/m1/s1. The summed E-state index contributed by atoms with van der Waals surface area (Å²) in [5, 5.41) is 71.8. The lowest BCUT2D eigenvalue weighted by Crippen LogP contribution is -2.64. The highest BCUT2D eigenvalue weighted by Crippen LogP contribution is 2.49. The van der Waals surface area contributed by atoms with Crippen LogP contribution in [0.25, 0.3) is 0 Å². The molecule has 21 heteroatoms. The van der Waals surface area contributed by atoms with E-state index in [1.807, 2.05) is 37.3 Å². The fourth-order valence-electron chi connectivity index (χ4n) is 6.47. The third-order valence-electron chi connectivity index (χ3n) is 10.4. The number of aliphatic hydroxyl groups excluding tert-OH is 7. The van der Waals surface area contributed by atoms with Gasteiger partial charge in [0.05, 0.1) is 24.9 Å². The van der Waals surface area contributed by atoms with Crippen LogP contribution in [0.15, 0.2) is 122 Å². The Kier molecular flexibility index (Phi) is 36.6. The highest BCUT2D eigenvalue weighted by molar-refractivity contribution is 7.47. The molecule has 0 aromatic carbocycles. The van der Waals surface area contributed by atoms with Crippen LogP contribution in [0.2, 0.25) is 0 Å². The maximum atomic E-state index is 13.0. The summed E-state index contributed by atoms with van der Waals surface area (Å²) in [6.07, 6.45) is 28.0. The van der Waals surface area contributed by atoms with Crippen molar-refractivity contribution in [2.75, 3.05) is 13.2 Å². The summed E-state index contributed by atoms with van der Waals surface area (Å²) in [5.74, 6) is -1.65. The van der Waals surface area contributed by atoms with Gasteiger partial charge in [0, 0.05) is 12.8 Å². The first-order chi connectivity index (χ1) is 34.3. The van der Waals surface area contributed by atoms with Crippen LogP contribution < -0.4 is 0 Å². The number of allylic oxidation sites excluding steroid dienone is 17. The Morgan fingerprint density at radius 2 is 1.11 bits per heavy atom. The molecule has 1 fully saturated rings. The van der Waals surface area contributed by atoms with Crippen LogP contribution in [-0.2, 0) is 41.8 Å². The van der Waals surface area contributed by atoms with Crippen molar-refractivity contribution >= 4 is 27.6 Å². The maximum Gasteiger partial charge on any atom is 0.472 e. The lowest BCUT2D eigenvalue weighted by molar-refractivity contribution is -0.216. The van der Waals surface area contributed by atoms with Crippen molar-refractivity contribution in [2.45, 2.75) is 171 Å². The minimum atomic E-state index is -5.42. The number of hydrogen-bond donors (Lipinski definition) is 10. The Morgan fingerprint density at radius 1 is 0.569 bits per heavy atom. The monoisotopic (exact) mass is 1060 g/mol. The zero-order valence-corrected chi connectivity index (χ0v) is 43.2. The first-order valence-corrected chi connectivity index (χ1v) is 27.4. The van der Waals surface area contributed by atoms with E-state index in [9.17, 15) is 69.1 Å². The molecular weight excluding hydrogens is 978 g/mol. The fraction of sp³-hybridized carbons (Fsp3) is 0.569. The number of esters is 2. The van der Waals surface area contributed by atoms with E-state index in [0.29, 0.717) is 12.8 Å². The average molecular weight is 1060 g/mol. The number of aliphatic hydroxyl groups is 7. The number of hydrogen-bond acceptors (Lipinski definition) is 16. The number of phosphoric acid groups is 2. The summed E-state index contributed by atoms with van der Waals surface area (Å²) < 4.78 is 49.1. The predicted octanol–water partition coefficient (Wildman–Crippen LogP) is 6.41. The van der Waals surface area contributed by atoms with E-state index in [2.05, 4.69) is 47.9 Å². The molecule has 1 rings (SSSR count). The molecule has 0 bridgehead atoms. The first kappa shape index (κ1) is 66.3. The number of carbonyl (C=O) groups excluding carboxylic acids is 2. The van der Waals surface area contributed by atoms with Crippen molar-refractivity contribution in [3.8, 4) is 0 Å². The smallest absolute Gasteiger partial charge is 0.462 e. The largest absolute Gasteiger partial charge is 0.472 e. The van der Waals surface area contributed by atoms with Crippen molar-refractivity contribution in [1.29, 1.82) is 0 Å². The summed E-state index contributed by atoms with van der Waals surface area (Å²) in [6.45, 7) is 2.52. The van der Waals surface area contributed by atoms with Gasteiger partial charge >= 0.3 is 27.6 Å². The molecule has 0 saturated heterocycles. The van der Waals surface area contributed by atoms with Gasteiger partial charge in [0.15, 0.2) is 6.10 Å². The maximum absolute atomic E-state index is 13.0. The fourth-order valence-corrected chi connectivity index (χ4v) is 8.00. The minimum Gasteiger partial charge on any atom is -0.462 e. The highest BCUT2D eigenvalue weighted by Gasteiger charge is 2.54. The Morgan fingerprint density at radius 3 is 1.68 bits per heavy atom. The van der Waals surface area contributed by atoms with Gasteiger partial charge in [-0.1, -0.05) is 148 Å². The lowest BCUT2D eigenvalue weighted by Gasteiger charge is -2.43. The van der Waals surface area contributed by atoms with Gasteiger partial charge in [0.1, 0.15) is 43.2 Å². The van der Waals surface area contributed by atoms with Gasteiger partial charge in [-0.3, -0.25) is 23.2 Å². The van der Waals surface area contributed by atoms with Gasteiger partial charge in [0.25, 0.3) is 0 Å². The van der Waals surface area contributed by atoms with Gasteiger partial charge in [-0.15, -0.1) is 0 Å². The molecule has 10 N–H and O–H groups in total. The van der Waals surface area contributed by atoms with Crippen LogP contribution >= 0.6 is 15.6 Å². The molecule has 1 aliphatic carbocycles. The van der Waals surface area contributed by atoms with E-state index in [0.717, 1.165) is 32.1 Å². The second kappa shape index (κ2) is 39.7. The molecule has 0 amide bonds. The third kappa shape index (κ3) is 33.2. The minimum absolute atomic E-state index is 0.0159. The van der Waals surface area contributed by atoms with E-state index in [1.54, 1.807) is 42.5 Å². The number of carbonyl (C=O) groups is 2. The Balaban J connectivity index is 2.78. The summed E-state index contributed by atoms with van der Waals surface area (Å²) in [5.41, 5.74) is 0. The van der Waals surface area contributed by atoms with E-state index in [-0.39, 0.29) is 32.1 Å². The van der Waals surface area contributed by atoms with Gasteiger partial charge in [-0.2, -0.15) is 0 Å². The Bertz CT molecular complexity index is 1900. The van der Waals surface area contributed by atoms with E-state index in [4.69, 9.17) is 18.5 Å². The normalized spacial score (nSPS) is 23.1. The SMILES string of the molecule is CC/C=C\C[C@@H](O)/C=C/C=C/C=C\C=C/[C@H](O)[C@@H](O)CCCC(=O)OC[C@H](COP(=O)(O)O[C@H]1C(O)C(O)C(O)[C@@H](OP(=O)(O)O)C1O)OC(=O)CC/C=C\C/C=C\C/C=C\C/C=C\C/C=C\CCCCC. The summed E-state index contributed by atoms with van der Waals surface area (Å²) in [7, 11) is -10.8.